The summed E-state index contributed by atoms with van der Waals surface area (Å²) in [5, 5.41) is 10.7. The lowest BCUT2D eigenvalue weighted by molar-refractivity contribution is 0.685. The highest BCUT2D eigenvalue weighted by Gasteiger charge is 2.02. The molecular formula is C13H20IN5S. The van der Waals surface area contributed by atoms with Gasteiger partial charge in [-0.05, 0) is 25.1 Å². The molecule has 0 bridgehead atoms. The van der Waals surface area contributed by atoms with Gasteiger partial charge >= 0.3 is 0 Å². The van der Waals surface area contributed by atoms with Crippen LogP contribution in [0.1, 0.15) is 15.4 Å². The van der Waals surface area contributed by atoms with E-state index in [9.17, 15) is 0 Å². The standard InChI is InChI=1S/C13H19N5S.HI/c1-10-4-5-12(19-10)9-16-13(14-2)15-8-11-6-7-17-18(11)3;/h4-7H,8-9H2,1-3H3,(H2,14,15,16);1H. The van der Waals surface area contributed by atoms with Crippen LogP contribution in [-0.4, -0.2) is 22.8 Å². The molecule has 2 aromatic heterocycles. The summed E-state index contributed by atoms with van der Waals surface area (Å²) in [6, 6.07) is 6.26. The Kier molecular flexibility index (Phi) is 7.00. The summed E-state index contributed by atoms with van der Waals surface area (Å²) < 4.78 is 1.85. The van der Waals surface area contributed by atoms with Gasteiger partial charge in [0.2, 0.25) is 0 Å². The summed E-state index contributed by atoms with van der Waals surface area (Å²) in [5.74, 6) is 0.798. The average Bonchev–Trinajstić information content (AvgIpc) is 2.99. The van der Waals surface area contributed by atoms with Crippen molar-refractivity contribution in [2.24, 2.45) is 12.0 Å². The normalized spacial score (nSPS) is 11.1. The maximum absolute atomic E-state index is 4.21. The Morgan fingerprint density at radius 2 is 2.05 bits per heavy atom. The number of aliphatic imine (C=N–C) groups is 1. The van der Waals surface area contributed by atoms with Gasteiger partial charge in [0.05, 0.1) is 18.8 Å². The van der Waals surface area contributed by atoms with Gasteiger partial charge < -0.3 is 10.6 Å². The van der Waals surface area contributed by atoms with Gasteiger partial charge in [0, 0.05) is 30.0 Å². The van der Waals surface area contributed by atoms with Gasteiger partial charge in [0.25, 0.3) is 0 Å². The van der Waals surface area contributed by atoms with E-state index in [0.29, 0.717) is 6.54 Å². The Hall–Kier alpha value is -1.09. The highest BCUT2D eigenvalue weighted by molar-refractivity contribution is 14.0. The summed E-state index contributed by atoms with van der Waals surface area (Å²) in [5.41, 5.74) is 1.12. The monoisotopic (exact) mass is 405 g/mol. The van der Waals surface area contributed by atoms with Gasteiger partial charge in [-0.1, -0.05) is 0 Å². The number of guanidine groups is 1. The van der Waals surface area contributed by atoms with Crippen molar-refractivity contribution in [2.45, 2.75) is 20.0 Å². The third-order valence-corrected chi connectivity index (χ3v) is 3.81. The van der Waals surface area contributed by atoms with Gasteiger partial charge in [-0.3, -0.25) is 9.67 Å². The second-order valence-electron chi connectivity index (χ2n) is 4.24. The first kappa shape index (κ1) is 17.0. The molecule has 0 saturated carbocycles. The van der Waals surface area contributed by atoms with Crippen LogP contribution in [0.5, 0.6) is 0 Å². The van der Waals surface area contributed by atoms with Crippen LogP contribution in [0.25, 0.3) is 0 Å². The van der Waals surface area contributed by atoms with E-state index < -0.39 is 0 Å². The van der Waals surface area contributed by atoms with Crippen LogP contribution in [0.2, 0.25) is 0 Å². The zero-order valence-corrected chi connectivity index (χ0v) is 15.0. The summed E-state index contributed by atoms with van der Waals surface area (Å²) in [6.07, 6.45) is 1.79. The smallest absolute Gasteiger partial charge is 0.191 e. The Balaban J connectivity index is 0.00000200. The minimum Gasteiger partial charge on any atom is -0.352 e. The number of aromatic nitrogens is 2. The summed E-state index contributed by atoms with van der Waals surface area (Å²) >= 11 is 1.80. The van der Waals surface area contributed by atoms with Crippen LogP contribution in [0.3, 0.4) is 0 Å². The topological polar surface area (TPSA) is 54.2 Å². The molecule has 0 aliphatic heterocycles. The van der Waals surface area contributed by atoms with Crippen LogP contribution < -0.4 is 10.6 Å². The molecule has 0 atom stereocenters. The Morgan fingerprint density at radius 3 is 2.60 bits per heavy atom. The summed E-state index contributed by atoms with van der Waals surface area (Å²) in [7, 11) is 3.71. The third kappa shape index (κ3) is 4.78. The number of hydrogen-bond acceptors (Lipinski definition) is 3. The van der Waals surface area contributed by atoms with E-state index in [4.69, 9.17) is 0 Å². The van der Waals surface area contributed by atoms with Gasteiger partial charge in [0.1, 0.15) is 0 Å². The van der Waals surface area contributed by atoms with Crippen molar-refractivity contribution in [3.63, 3.8) is 0 Å². The minimum atomic E-state index is 0. The van der Waals surface area contributed by atoms with E-state index >= 15 is 0 Å². The first-order valence-electron chi connectivity index (χ1n) is 6.15. The Morgan fingerprint density at radius 1 is 1.30 bits per heavy atom. The highest BCUT2D eigenvalue weighted by atomic mass is 127. The average molecular weight is 405 g/mol. The molecule has 5 nitrogen and oxygen atoms in total. The molecule has 0 spiro atoms. The number of nitrogens with zero attached hydrogens (tertiary/aromatic N) is 3. The predicted molar refractivity (Wildman–Crippen MR) is 94.7 cm³/mol. The largest absolute Gasteiger partial charge is 0.352 e. The molecule has 110 valence electrons. The van der Waals surface area contributed by atoms with Gasteiger partial charge in [-0.2, -0.15) is 5.10 Å². The van der Waals surface area contributed by atoms with Crippen molar-refractivity contribution in [3.8, 4) is 0 Å². The van der Waals surface area contributed by atoms with Crippen LogP contribution >= 0.6 is 35.3 Å². The van der Waals surface area contributed by atoms with Crippen molar-refractivity contribution >= 4 is 41.3 Å². The molecule has 2 rings (SSSR count). The summed E-state index contributed by atoms with van der Waals surface area (Å²) in [4.78, 5) is 6.84. The van der Waals surface area contributed by atoms with E-state index in [1.807, 2.05) is 17.8 Å². The predicted octanol–water partition coefficient (Wildman–Crippen LogP) is 2.27. The quantitative estimate of drug-likeness (QED) is 0.466. The van der Waals surface area contributed by atoms with Crippen LogP contribution in [0, 0.1) is 6.92 Å². The maximum atomic E-state index is 4.21. The number of rotatable bonds is 4. The molecule has 0 aliphatic carbocycles. The molecule has 0 saturated heterocycles. The second-order valence-corrected chi connectivity index (χ2v) is 5.61. The number of aryl methyl sites for hydroxylation is 2. The molecule has 0 fully saturated rings. The molecule has 2 aromatic rings. The number of halogens is 1. The van der Waals surface area contributed by atoms with E-state index in [0.717, 1.165) is 18.2 Å². The van der Waals surface area contributed by atoms with Crippen LogP contribution in [0.4, 0.5) is 0 Å². The maximum Gasteiger partial charge on any atom is 0.191 e. The fraction of sp³-hybridized carbons (Fsp3) is 0.385. The first-order chi connectivity index (χ1) is 9.19. The van der Waals surface area contributed by atoms with Crippen molar-refractivity contribution in [2.75, 3.05) is 7.05 Å². The fourth-order valence-electron chi connectivity index (χ4n) is 1.72. The van der Waals surface area contributed by atoms with E-state index in [-0.39, 0.29) is 24.0 Å². The van der Waals surface area contributed by atoms with E-state index in [1.54, 1.807) is 24.6 Å². The lowest BCUT2D eigenvalue weighted by Gasteiger charge is -2.11. The third-order valence-electron chi connectivity index (χ3n) is 2.81. The summed E-state index contributed by atoms with van der Waals surface area (Å²) in [6.45, 7) is 3.62. The molecule has 0 unspecified atom stereocenters. The SMILES string of the molecule is CN=C(NCc1ccc(C)s1)NCc1ccnn1C.I. The van der Waals surface area contributed by atoms with Crippen molar-refractivity contribution in [1.29, 1.82) is 0 Å². The molecule has 7 heteroatoms. The zero-order chi connectivity index (χ0) is 13.7. The second kappa shape index (κ2) is 8.25. The van der Waals surface area contributed by atoms with Crippen LogP contribution in [0.15, 0.2) is 29.4 Å². The van der Waals surface area contributed by atoms with Gasteiger partial charge in [-0.25, -0.2) is 0 Å². The van der Waals surface area contributed by atoms with E-state index in [2.05, 4.69) is 39.8 Å². The number of nitrogens with one attached hydrogen (secondary N) is 2. The first-order valence-corrected chi connectivity index (χ1v) is 6.97. The molecule has 0 aromatic carbocycles. The zero-order valence-electron chi connectivity index (χ0n) is 11.9. The molecule has 0 radical (unpaired) electrons. The minimum absolute atomic E-state index is 0. The van der Waals surface area contributed by atoms with Gasteiger partial charge in [-0.15, -0.1) is 35.3 Å². The highest BCUT2D eigenvalue weighted by Crippen LogP contribution is 2.14. The van der Waals surface area contributed by atoms with Crippen molar-refractivity contribution in [3.05, 3.63) is 39.8 Å². The molecule has 20 heavy (non-hydrogen) atoms. The Bertz CT molecular complexity index is 561. The number of thiophene rings is 1. The number of hydrogen-bond donors (Lipinski definition) is 2. The lowest BCUT2D eigenvalue weighted by atomic mass is 10.4. The lowest BCUT2D eigenvalue weighted by Crippen LogP contribution is -2.36. The molecular weight excluding hydrogens is 385 g/mol. The molecule has 0 amide bonds. The van der Waals surface area contributed by atoms with Crippen LogP contribution in [-0.2, 0) is 20.1 Å². The van der Waals surface area contributed by atoms with Gasteiger partial charge in [0.15, 0.2) is 5.96 Å². The molecule has 0 aliphatic rings. The molecule has 2 heterocycles. The fourth-order valence-corrected chi connectivity index (χ4v) is 2.55. The molecule has 2 N–H and O–H groups in total. The van der Waals surface area contributed by atoms with Crippen molar-refractivity contribution in [1.82, 2.24) is 20.4 Å². The van der Waals surface area contributed by atoms with Crippen molar-refractivity contribution < 1.29 is 0 Å². The van der Waals surface area contributed by atoms with E-state index in [1.165, 1.54) is 9.75 Å². The Labute approximate surface area is 140 Å².